The Morgan fingerprint density at radius 2 is 1.74 bits per heavy atom. The lowest BCUT2D eigenvalue weighted by molar-refractivity contribution is -0.138. The minimum Gasteiger partial charge on any atom is -0.461 e. The molecule has 0 heterocycles. The first-order chi connectivity index (χ1) is 8.62. The molecule has 1 N–H and O–H groups in total. The van der Waals surface area contributed by atoms with Crippen molar-refractivity contribution >= 4 is 11.9 Å². The van der Waals surface area contributed by atoms with E-state index in [1.165, 1.54) is 6.08 Å². The zero-order valence-corrected chi connectivity index (χ0v) is 12.7. The summed E-state index contributed by atoms with van der Waals surface area (Å²) in [7, 11) is 3.84. The predicted molar refractivity (Wildman–Crippen MR) is 77.8 cm³/mol. The molecule has 5 nitrogen and oxygen atoms in total. The van der Waals surface area contributed by atoms with E-state index in [0.29, 0.717) is 6.61 Å². The van der Waals surface area contributed by atoms with Crippen LogP contribution in [0.5, 0.6) is 0 Å². The maximum absolute atomic E-state index is 10.6. The third-order valence-corrected chi connectivity index (χ3v) is 1.63. The molecule has 0 aromatic rings. The van der Waals surface area contributed by atoms with Crippen LogP contribution in [0.1, 0.15) is 20.8 Å². The first-order valence-corrected chi connectivity index (χ1v) is 6.01. The summed E-state index contributed by atoms with van der Waals surface area (Å²) in [5.41, 5.74) is -0.148. The van der Waals surface area contributed by atoms with Gasteiger partial charge in [-0.3, -0.25) is 4.79 Å². The monoisotopic (exact) mass is 270 g/mol. The maximum Gasteiger partial charge on any atom is 0.330 e. The van der Waals surface area contributed by atoms with Crippen LogP contribution in [0.15, 0.2) is 25.3 Å². The Labute approximate surface area is 116 Å². The fraction of sp³-hybridized carbons (Fsp3) is 0.571. The molecule has 0 saturated carbocycles. The summed E-state index contributed by atoms with van der Waals surface area (Å²) in [6.45, 7) is 13.6. The summed E-state index contributed by atoms with van der Waals surface area (Å²) < 4.78 is 4.70. The molecular formula is C14H26N2O3. The zero-order valence-electron chi connectivity index (χ0n) is 12.7. The minimum atomic E-state index is -0.359. The highest BCUT2D eigenvalue weighted by atomic mass is 16.5. The number of amides is 1. The van der Waals surface area contributed by atoms with Crippen LogP contribution in [0.2, 0.25) is 0 Å². The smallest absolute Gasteiger partial charge is 0.330 e. The second-order valence-corrected chi connectivity index (χ2v) is 5.12. The van der Waals surface area contributed by atoms with Gasteiger partial charge in [0, 0.05) is 18.2 Å². The quantitative estimate of drug-likeness (QED) is 0.605. The van der Waals surface area contributed by atoms with Gasteiger partial charge < -0.3 is 15.0 Å². The van der Waals surface area contributed by atoms with Gasteiger partial charge in [0.05, 0.1) is 0 Å². The summed E-state index contributed by atoms with van der Waals surface area (Å²) in [6.07, 6.45) is 2.43. The summed E-state index contributed by atoms with van der Waals surface area (Å²) in [4.78, 5) is 23.0. The fourth-order valence-electron chi connectivity index (χ4n) is 0.808. The zero-order chi connectivity index (χ0) is 15.5. The third-order valence-electron chi connectivity index (χ3n) is 1.63. The van der Waals surface area contributed by atoms with Crippen molar-refractivity contribution in [2.75, 3.05) is 27.2 Å². The van der Waals surface area contributed by atoms with Gasteiger partial charge in [-0.15, -0.1) is 0 Å². The number of hydrogen-bond acceptors (Lipinski definition) is 4. The lowest BCUT2D eigenvalue weighted by Crippen LogP contribution is -2.39. The van der Waals surface area contributed by atoms with Crippen molar-refractivity contribution < 1.29 is 14.3 Å². The van der Waals surface area contributed by atoms with Crippen LogP contribution in [0.25, 0.3) is 0 Å². The van der Waals surface area contributed by atoms with Crippen LogP contribution in [-0.2, 0) is 14.3 Å². The topological polar surface area (TPSA) is 58.6 Å². The second-order valence-electron chi connectivity index (χ2n) is 5.12. The van der Waals surface area contributed by atoms with Gasteiger partial charge in [0.25, 0.3) is 0 Å². The van der Waals surface area contributed by atoms with Gasteiger partial charge in [-0.1, -0.05) is 13.2 Å². The highest BCUT2D eigenvalue weighted by Gasteiger charge is 2.10. The molecule has 0 unspecified atom stereocenters. The number of esters is 1. The molecule has 0 aliphatic carbocycles. The molecule has 0 radical (unpaired) electrons. The number of ether oxygens (including phenoxy) is 1. The van der Waals surface area contributed by atoms with Crippen molar-refractivity contribution in [3.05, 3.63) is 25.3 Å². The molecule has 0 rings (SSSR count). The number of nitrogens with one attached hydrogen (secondary N) is 1. The van der Waals surface area contributed by atoms with Crippen LogP contribution in [0.4, 0.5) is 0 Å². The lowest BCUT2D eigenvalue weighted by atomic mass is 10.1. The Morgan fingerprint density at radius 1 is 1.21 bits per heavy atom. The van der Waals surface area contributed by atoms with E-state index in [0.717, 1.165) is 12.6 Å². The van der Waals surface area contributed by atoms with Crippen molar-refractivity contribution in [2.24, 2.45) is 0 Å². The normalized spacial score (nSPS) is 10.0. The maximum atomic E-state index is 10.6. The van der Waals surface area contributed by atoms with Gasteiger partial charge in [0.15, 0.2) is 0 Å². The molecule has 0 aromatic carbocycles. The van der Waals surface area contributed by atoms with Gasteiger partial charge >= 0.3 is 5.97 Å². The Bertz CT molecular complexity index is 304. The summed E-state index contributed by atoms with van der Waals surface area (Å²) in [6, 6.07) is 0. The van der Waals surface area contributed by atoms with Crippen molar-refractivity contribution in [3.63, 3.8) is 0 Å². The van der Waals surface area contributed by atoms with E-state index in [2.05, 4.69) is 18.5 Å². The fourth-order valence-corrected chi connectivity index (χ4v) is 0.808. The molecule has 0 spiro atoms. The molecule has 0 atom stereocenters. The Kier molecular flexibility index (Phi) is 10.7. The molecular weight excluding hydrogens is 244 g/mol. The molecule has 0 bridgehead atoms. The van der Waals surface area contributed by atoms with E-state index < -0.39 is 0 Å². The highest BCUT2D eigenvalue weighted by Crippen LogP contribution is 1.97. The molecule has 110 valence electrons. The Morgan fingerprint density at radius 3 is 2.00 bits per heavy atom. The van der Waals surface area contributed by atoms with Gasteiger partial charge in [0.2, 0.25) is 5.91 Å². The summed E-state index contributed by atoms with van der Waals surface area (Å²) >= 11 is 0. The van der Waals surface area contributed by atoms with Crippen molar-refractivity contribution in [2.45, 2.75) is 26.3 Å². The molecule has 0 aliphatic rings. The van der Waals surface area contributed by atoms with Crippen LogP contribution in [0, 0.1) is 0 Å². The molecule has 5 heteroatoms. The van der Waals surface area contributed by atoms with E-state index in [9.17, 15) is 9.59 Å². The van der Waals surface area contributed by atoms with Crippen molar-refractivity contribution in [1.29, 1.82) is 0 Å². The van der Waals surface area contributed by atoms with E-state index in [4.69, 9.17) is 4.74 Å². The van der Waals surface area contributed by atoms with E-state index in [1.54, 1.807) is 0 Å². The van der Waals surface area contributed by atoms with Crippen molar-refractivity contribution in [1.82, 2.24) is 10.2 Å². The summed E-state index contributed by atoms with van der Waals surface area (Å²) in [5.74, 6) is -0.482. The first-order valence-electron chi connectivity index (χ1n) is 6.01. The average Bonchev–Trinajstić information content (AvgIpc) is 2.26. The van der Waals surface area contributed by atoms with E-state index >= 15 is 0 Å². The van der Waals surface area contributed by atoms with Gasteiger partial charge in [0.1, 0.15) is 6.61 Å². The first kappa shape index (κ1) is 19.7. The molecule has 0 saturated heterocycles. The van der Waals surface area contributed by atoms with Gasteiger partial charge in [-0.2, -0.15) is 0 Å². The predicted octanol–water partition coefficient (Wildman–Crippen LogP) is 1.36. The SMILES string of the molecule is C=CC(=O)NC(C)(C)C.C=CC(=O)OCCN(C)C. The average molecular weight is 270 g/mol. The number of carbonyl (C=O) groups is 2. The second kappa shape index (κ2) is 10.3. The Balaban J connectivity index is 0. The number of hydrogen-bond donors (Lipinski definition) is 1. The van der Waals surface area contributed by atoms with Crippen LogP contribution < -0.4 is 5.32 Å². The van der Waals surface area contributed by atoms with Crippen LogP contribution in [-0.4, -0.2) is 49.6 Å². The number of carbonyl (C=O) groups excluding carboxylic acids is 2. The highest BCUT2D eigenvalue weighted by molar-refractivity contribution is 5.87. The van der Waals surface area contributed by atoms with Crippen LogP contribution in [0.3, 0.4) is 0 Å². The number of rotatable bonds is 5. The van der Waals surface area contributed by atoms with Crippen molar-refractivity contribution in [3.8, 4) is 0 Å². The largest absolute Gasteiger partial charge is 0.461 e. The molecule has 1 amide bonds. The molecule has 0 aromatic heterocycles. The van der Waals surface area contributed by atoms with Gasteiger partial charge in [-0.25, -0.2) is 4.79 Å². The van der Waals surface area contributed by atoms with Crippen LogP contribution >= 0.6 is 0 Å². The van der Waals surface area contributed by atoms with Gasteiger partial charge in [-0.05, 0) is 40.9 Å². The molecule has 0 aliphatic heterocycles. The number of nitrogens with zero attached hydrogens (tertiary/aromatic N) is 1. The number of likely N-dealkylation sites (N-methyl/N-ethyl adjacent to an activating group) is 1. The lowest BCUT2D eigenvalue weighted by Gasteiger charge is -2.18. The standard InChI is InChI=1S/C7H13NO2.C7H13NO/c1-4-7(9)10-6-5-8(2)3;1-5-6(9)8-7(2,3)4/h4H,1,5-6H2,2-3H3;5H,1H2,2-4H3,(H,8,9). The third kappa shape index (κ3) is 18.9. The Hall–Kier alpha value is -1.62. The molecule has 0 fully saturated rings. The molecule has 19 heavy (non-hydrogen) atoms. The minimum absolute atomic E-state index is 0.123. The van der Waals surface area contributed by atoms with E-state index in [-0.39, 0.29) is 17.4 Å². The van der Waals surface area contributed by atoms with E-state index in [1.807, 2.05) is 39.8 Å². The summed E-state index contributed by atoms with van der Waals surface area (Å²) in [5, 5.41) is 2.71.